The van der Waals surface area contributed by atoms with Crippen molar-refractivity contribution in [1.82, 2.24) is 5.32 Å². The van der Waals surface area contributed by atoms with Crippen molar-refractivity contribution in [3.8, 4) is 5.75 Å². The SMILES string of the molecule is C[C@@H](NC(=O)COc1cccc(C=O)c1)C12CC3CC(CC(C3)C1)C2. The van der Waals surface area contributed by atoms with Crippen molar-refractivity contribution < 1.29 is 14.3 Å². The number of amides is 1. The normalized spacial score (nSPS) is 33.7. The Bertz CT molecular complexity index is 634. The van der Waals surface area contributed by atoms with Crippen LogP contribution in [-0.4, -0.2) is 24.8 Å². The lowest BCUT2D eigenvalue weighted by Gasteiger charge is -2.59. The van der Waals surface area contributed by atoms with Gasteiger partial charge in [0.15, 0.2) is 6.61 Å². The van der Waals surface area contributed by atoms with Crippen LogP contribution in [0.25, 0.3) is 0 Å². The number of hydrogen-bond acceptors (Lipinski definition) is 3. The summed E-state index contributed by atoms with van der Waals surface area (Å²) >= 11 is 0. The maximum atomic E-state index is 12.4. The highest BCUT2D eigenvalue weighted by atomic mass is 16.5. The minimum absolute atomic E-state index is 0.000976. The van der Waals surface area contributed by atoms with E-state index in [0.29, 0.717) is 16.7 Å². The summed E-state index contributed by atoms with van der Waals surface area (Å²) < 4.78 is 5.56. The topological polar surface area (TPSA) is 55.4 Å². The fourth-order valence-corrected chi connectivity index (χ4v) is 5.97. The molecule has 4 heteroatoms. The quantitative estimate of drug-likeness (QED) is 0.804. The van der Waals surface area contributed by atoms with E-state index >= 15 is 0 Å². The summed E-state index contributed by atoms with van der Waals surface area (Å²) in [6, 6.07) is 7.11. The van der Waals surface area contributed by atoms with Crippen LogP contribution in [0, 0.1) is 23.2 Å². The molecule has 1 N–H and O–H groups in total. The largest absolute Gasteiger partial charge is 0.484 e. The number of rotatable bonds is 6. The molecular weight excluding hydrogens is 314 g/mol. The van der Waals surface area contributed by atoms with Gasteiger partial charge in [-0.05, 0) is 80.8 Å². The molecule has 1 aromatic rings. The minimum Gasteiger partial charge on any atom is -0.484 e. The summed E-state index contributed by atoms with van der Waals surface area (Å²) in [4.78, 5) is 23.2. The first-order valence-corrected chi connectivity index (χ1v) is 9.54. The van der Waals surface area contributed by atoms with Crippen molar-refractivity contribution in [2.24, 2.45) is 23.2 Å². The minimum atomic E-state index is -0.0697. The fourth-order valence-electron chi connectivity index (χ4n) is 5.97. The van der Waals surface area contributed by atoms with Crippen LogP contribution in [0.1, 0.15) is 55.8 Å². The van der Waals surface area contributed by atoms with E-state index in [9.17, 15) is 9.59 Å². The van der Waals surface area contributed by atoms with E-state index < -0.39 is 0 Å². The van der Waals surface area contributed by atoms with Crippen LogP contribution in [0.2, 0.25) is 0 Å². The van der Waals surface area contributed by atoms with Crippen LogP contribution in [0.15, 0.2) is 24.3 Å². The van der Waals surface area contributed by atoms with E-state index in [1.165, 1.54) is 38.5 Å². The summed E-state index contributed by atoms with van der Waals surface area (Å²) in [6.45, 7) is 2.18. The Hall–Kier alpha value is -1.84. The molecule has 0 radical (unpaired) electrons. The zero-order valence-corrected chi connectivity index (χ0v) is 14.9. The molecule has 0 aromatic heterocycles. The fraction of sp³-hybridized carbons (Fsp3) is 0.619. The predicted octanol–water partition coefficient (Wildman–Crippen LogP) is 3.60. The van der Waals surface area contributed by atoms with Crippen molar-refractivity contribution in [2.45, 2.75) is 51.5 Å². The molecule has 134 valence electrons. The Kier molecular flexibility index (Phi) is 4.30. The van der Waals surface area contributed by atoms with E-state index in [4.69, 9.17) is 4.74 Å². The smallest absolute Gasteiger partial charge is 0.258 e. The number of aldehydes is 1. The lowest BCUT2D eigenvalue weighted by molar-refractivity contribution is -0.127. The number of carbonyl (C=O) groups excluding carboxylic acids is 2. The van der Waals surface area contributed by atoms with Crippen LogP contribution < -0.4 is 10.1 Å². The van der Waals surface area contributed by atoms with E-state index in [0.717, 1.165) is 24.0 Å². The molecule has 0 aliphatic heterocycles. The van der Waals surface area contributed by atoms with Gasteiger partial charge in [-0.2, -0.15) is 0 Å². The maximum Gasteiger partial charge on any atom is 0.258 e. The van der Waals surface area contributed by atoms with Crippen molar-refractivity contribution in [3.63, 3.8) is 0 Å². The molecule has 0 spiro atoms. The summed E-state index contributed by atoms with van der Waals surface area (Å²) in [5.41, 5.74) is 0.863. The van der Waals surface area contributed by atoms with E-state index in [1.807, 2.05) is 0 Å². The Morgan fingerprint density at radius 3 is 2.48 bits per heavy atom. The number of nitrogens with one attached hydrogen (secondary N) is 1. The summed E-state index contributed by atoms with van der Waals surface area (Å²) in [7, 11) is 0. The first-order valence-electron chi connectivity index (χ1n) is 9.54. The van der Waals surface area contributed by atoms with Crippen LogP contribution >= 0.6 is 0 Å². The van der Waals surface area contributed by atoms with Gasteiger partial charge in [0.05, 0.1) is 0 Å². The molecule has 4 nitrogen and oxygen atoms in total. The van der Waals surface area contributed by atoms with Gasteiger partial charge in [0, 0.05) is 11.6 Å². The van der Waals surface area contributed by atoms with Crippen molar-refractivity contribution in [2.75, 3.05) is 6.61 Å². The molecule has 5 rings (SSSR count). The molecule has 0 saturated heterocycles. The van der Waals surface area contributed by atoms with E-state index in [2.05, 4.69) is 12.2 Å². The van der Waals surface area contributed by atoms with Gasteiger partial charge in [0.2, 0.25) is 0 Å². The van der Waals surface area contributed by atoms with Crippen molar-refractivity contribution in [1.29, 1.82) is 0 Å². The Labute approximate surface area is 149 Å². The average Bonchev–Trinajstić information content (AvgIpc) is 2.59. The van der Waals surface area contributed by atoms with Gasteiger partial charge >= 0.3 is 0 Å². The van der Waals surface area contributed by atoms with Crippen molar-refractivity contribution in [3.05, 3.63) is 29.8 Å². The van der Waals surface area contributed by atoms with Gasteiger partial charge in [-0.25, -0.2) is 0 Å². The van der Waals surface area contributed by atoms with Gasteiger partial charge in [-0.15, -0.1) is 0 Å². The molecule has 0 heterocycles. The van der Waals surface area contributed by atoms with Crippen LogP contribution in [0.4, 0.5) is 0 Å². The van der Waals surface area contributed by atoms with Crippen LogP contribution in [0.3, 0.4) is 0 Å². The maximum absolute atomic E-state index is 12.4. The standard InChI is InChI=1S/C21H27NO3/c1-14(21-9-16-5-17(10-21)7-18(6-16)11-21)22-20(24)13-25-19-4-2-3-15(8-19)12-23/h2-4,8,12,14,16-18H,5-7,9-11,13H2,1H3,(H,22,24)/t14-,16?,17?,18?,21?/m1/s1. The zero-order chi connectivity index (χ0) is 17.4. The first kappa shape index (κ1) is 16.6. The summed E-state index contributed by atoms with van der Waals surface area (Å²) in [5.74, 6) is 3.13. The van der Waals surface area contributed by atoms with Gasteiger partial charge < -0.3 is 10.1 Å². The third kappa shape index (κ3) is 3.31. The number of ether oxygens (including phenoxy) is 1. The molecule has 4 bridgehead atoms. The molecule has 1 amide bonds. The molecule has 4 fully saturated rings. The van der Waals surface area contributed by atoms with Crippen LogP contribution in [0.5, 0.6) is 5.75 Å². The summed E-state index contributed by atoms with van der Waals surface area (Å²) in [5, 5.41) is 3.20. The Balaban J connectivity index is 1.34. The Morgan fingerprint density at radius 2 is 1.88 bits per heavy atom. The lowest BCUT2D eigenvalue weighted by atomic mass is 9.48. The first-order chi connectivity index (χ1) is 12.1. The molecule has 4 saturated carbocycles. The zero-order valence-electron chi connectivity index (χ0n) is 14.9. The third-order valence-corrected chi connectivity index (χ3v) is 6.75. The number of carbonyl (C=O) groups is 2. The van der Waals surface area contributed by atoms with E-state index in [-0.39, 0.29) is 18.6 Å². The van der Waals surface area contributed by atoms with Gasteiger partial charge in [-0.1, -0.05) is 12.1 Å². The van der Waals surface area contributed by atoms with Gasteiger partial charge in [0.1, 0.15) is 12.0 Å². The monoisotopic (exact) mass is 341 g/mol. The van der Waals surface area contributed by atoms with Gasteiger partial charge in [-0.3, -0.25) is 9.59 Å². The molecule has 4 aliphatic rings. The van der Waals surface area contributed by atoms with Gasteiger partial charge in [0.25, 0.3) is 5.91 Å². The van der Waals surface area contributed by atoms with Crippen LogP contribution in [-0.2, 0) is 4.79 Å². The highest BCUT2D eigenvalue weighted by Crippen LogP contribution is 2.61. The Morgan fingerprint density at radius 1 is 1.24 bits per heavy atom. The highest BCUT2D eigenvalue weighted by molar-refractivity contribution is 5.78. The number of benzene rings is 1. The molecule has 1 aromatic carbocycles. The van der Waals surface area contributed by atoms with E-state index in [1.54, 1.807) is 24.3 Å². The average molecular weight is 341 g/mol. The van der Waals surface area contributed by atoms with Crippen molar-refractivity contribution >= 4 is 12.2 Å². The lowest BCUT2D eigenvalue weighted by Crippen LogP contribution is -2.56. The molecule has 1 atom stereocenters. The summed E-state index contributed by atoms with van der Waals surface area (Å²) in [6.07, 6.45) is 8.86. The molecular formula is C21H27NO3. The third-order valence-electron chi connectivity index (χ3n) is 6.75. The second-order valence-electron chi connectivity index (χ2n) is 8.55. The predicted molar refractivity (Wildman–Crippen MR) is 95.5 cm³/mol. The second kappa shape index (κ2) is 6.47. The molecule has 0 unspecified atom stereocenters. The highest BCUT2D eigenvalue weighted by Gasteiger charge is 2.53. The molecule has 25 heavy (non-hydrogen) atoms. The second-order valence-corrected chi connectivity index (χ2v) is 8.55. The number of hydrogen-bond donors (Lipinski definition) is 1. The molecule has 4 aliphatic carbocycles.